The van der Waals surface area contributed by atoms with Crippen molar-refractivity contribution < 1.29 is 9.47 Å². The van der Waals surface area contributed by atoms with Crippen molar-refractivity contribution in [3.63, 3.8) is 0 Å². The van der Waals surface area contributed by atoms with Crippen LogP contribution in [0.4, 0.5) is 0 Å². The largest absolute Gasteiger partial charge is 0.497 e. The summed E-state index contributed by atoms with van der Waals surface area (Å²) in [6.07, 6.45) is 0.931. The summed E-state index contributed by atoms with van der Waals surface area (Å²) in [5.74, 6) is 2.14. The molecule has 4 nitrogen and oxygen atoms in total. The smallest absolute Gasteiger partial charge is 0.125 e. The van der Waals surface area contributed by atoms with Gasteiger partial charge in [-0.05, 0) is 43.6 Å². The Morgan fingerprint density at radius 1 is 1.15 bits per heavy atom. The van der Waals surface area contributed by atoms with Gasteiger partial charge in [0.1, 0.15) is 11.5 Å². The Kier molecular flexibility index (Phi) is 7.41. The first kappa shape index (κ1) is 16.8. The average molecular weight is 280 g/mol. The molecule has 0 aliphatic carbocycles. The minimum Gasteiger partial charge on any atom is -0.497 e. The third-order valence-electron chi connectivity index (χ3n) is 3.75. The Hall–Kier alpha value is -1.26. The Labute approximate surface area is 122 Å². The monoisotopic (exact) mass is 280 g/mol. The molecule has 0 fully saturated rings. The number of nitrogens with zero attached hydrogens (tertiary/aromatic N) is 1. The van der Waals surface area contributed by atoms with Crippen LogP contribution in [0.1, 0.15) is 19.4 Å². The van der Waals surface area contributed by atoms with Gasteiger partial charge in [0.05, 0.1) is 14.2 Å². The van der Waals surface area contributed by atoms with Crippen LogP contribution in [0.2, 0.25) is 0 Å². The van der Waals surface area contributed by atoms with Gasteiger partial charge in [0, 0.05) is 12.6 Å². The fourth-order valence-corrected chi connectivity index (χ4v) is 2.40. The molecule has 1 atom stereocenters. The third kappa shape index (κ3) is 4.69. The molecule has 0 spiro atoms. The highest BCUT2D eigenvalue weighted by atomic mass is 16.5. The summed E-state index contributed by atoms with van der Waals surface area (Å²) in [7, 11) is 3.36. The molecule has 1 aromatic rings. The lowest BCUT2D eigenvalue weighted by Crippen LogP contribution is -2.34. The van der Waals surface area contributed by atoms with Crippen LogP contribution in [0.15, 0.2) is 18.2 Å². The predicted octanol–water partition coefficient (Wildman–Crippen LogP) is 2.16. The van der Waals surface area contributed by atoms with E-state index in [0.29, 0.717) is 12.5 Å². The van der Waals surface area contributed by atoms with Crippen LogP contribution >= 0.6 is 0 Å². The molecule has 1 unspecified atom stereocenters. The Balaban J connectivity index is 2.78. The summed E-state index contributed by atoms with van der Waals surface area (Å²) >= 11 is 0. The molecule has 0 radical (unpaired) electrons. The fraction of sp³-hybridized carbons (Fsp3) is 0.625. The maximum Gasteiger partial charge on any atom is 0.125 e. The summed E-state index contributed by atoms with van der Waals surface area (Å²) in [6.45, 7) is 8.21. The molecule has 0 aliphatic rings. The molecule has 0 aromatic heterocycles. The van der Waals surface area contributed by atoms with E-state index in [0.717, 1.165) is 37.6 Å². The van der Waals surface area contributed by atoms with Gasteiger partial charge in [0.25, 0.3) is 0 Å². The number of benzene rings is 1. The lowest BCUT2D eigenvalue weighted by atomic mass is 9.97. The number of rotatable bonds is 9. The van der Waals surface area contributed by atoms with Crippen molar-refractivity contribution in [2.75, 3.05) is 40.4 Å². The van der Waals surface area contributed by atoms with Gasteiger partial charge in [-0.2, -0.15) is 0 Å². The van der Waals surface area contributed by atoms with Crippen molar-refractivity contribution in [3.8, 4) is 11.5 Å². The van der Waals surface area contributed by atoms with Gasteiger partial charge in [0.2, 0.25) is 0 Å². The van der Waals surface area contributed by atoms with Crippen LogP contribution in [0.5, 0.6) is 11.5 Å². The second-order valence-electron chi connectivity index (χ2n) is 4.97. The molecule has 0 aliphatic heterocycles. The normalized spacial score (nSPS) is 12.5. The molecule has 4 heteroatoms. The predicted molar refractivity (Wildman–Crippen MR) is 83.6 cm³/mol. The highest BCUT2D eigenvalue weighted by Crippen LogP contribution is 2.26. The van der Waals surface area contributed by atoms with E-state index in [1.807, 2.05) is 12.1 Å². The first-order chi connectivity index (χ1) is 9.68. The quantitative estimate of drug-likeness (QED) is 0.753. The van der Waals surface area contributed by atoms with Crippen molar-refractivity contribution in [1.82, 2.24) is 4.90 Å². The van der Waals surface area contributed by atoms with Gasteiger partial charge in [-0.1, -0.05) is 19.9 Å². The SMILES string of the molecule is CCN(CC)CC(CN)Cc1ccc(OC)cc1OC. The maximum atomic E-state index is 5.93. The average Bonchev–Trinajstić information content (AvgIpc) is 2.51. The second-order valence-corrected chi connectivity index (χ2v) is 4.97. The van der Waals surface area contributed by atoms with E-state index in [9.17, 15) is 0 Å². The molecular formula is C16H28N2O2. The molecule has 0 saturated carbocycles. The van der Waals surface area contributed by atoms with Crippen molar-refractivity contribution in [2.24, 2.45) is 11.7 Å². The molecular weight excluding hydrogens is 252 g/mol. The zero-order valence-electron chi connectivity index (χ0n) is 13.2. The zero-order chi connectivity index (χ0) is 15.0. The van der Waals surface area contributed by atoms with E-state index in [1.54, 1.807) is 14.2 Å². The van der Waals surface area contributed by atoms with Gasteiger partial charge in [0.15, 0.2) is 0 Å². The molecule has 0 saturated heterocycles. The number of nitrogens with two attached hydrogens (primary N) is 1. The van der Waals surface area contributed by atoms with Crippen molar-refractivity contribution in [3.05, 3.63) is 23.8 Å². The Morgan fingerprint density at radius 2 is 1.85 bits per heavy atom. The van der Waals surface area contributed by atoms with Crippen LogP contribution in [0, 0.1) is 5.92 Å². The van der Waals surface area contributed by atoms with Crippen LogP contribution in [-0.2, 0) is 6.42 Å². The van der Waals surface area contributed by atoms with Crippen molar-refractivity contribution in [1.29, 1.82) is 0 Å². The standard InChI is InChI=1S/C16H28N2O2/c1-5-18(6-2)12-13(11-17)9-14-7-8-15(19-3)10-16(14)20-4/h7-8,10,13H,5-6,9,11-12,17H2,1-4H3. The molecule has 0 bridgehead atoms. The lowest BCUT2D eigenvalue weighted by molar-refractivity contribution is 0.253. The van der Waals surface area contributed by atoms with Crippen LogP contribution in [0.3, 0.4) is 0 Å². The Bertz CT molecular complexity index is 392. The highest BCUT2D eigenvalue weighted by molar-refractivity contribution is 5.41. The van der Waals surface area contributed by atoms with E-state index >= 15 is 0 Å². The zero-order valence-corrected chi connectivity index (χ0v) is 13.2. The van der Waals surface area contributed by atoms with E-state index < -0.39 is 0 Å². The number of hydrogen-bond acceptors (Lipinski definition) is 4. The van der Waals surface area contributed by atoms with Gasteiger partial charge < -0.3 is 20.1 Å². The molecule has 0 amide bonds. The van der Waals surface area contributed by atoms with Crippen molar-refractivity contribution in [2.45, 2.75) is 20.3 Å². The van der Waals surface area contributed by atoms with E-state index in [1.165, 1.54) is 5.56 Å². The van der Waals surface area contributed by atoms with Crippen LogP contribution in [0.25, 0.3) is 0 Å². The van der Waals surface area contributed by atoms with Gasteiger partial charge in [-0.25, -0.2) is 0 Å². The molecule has 114 valence electrons. The molecule has 1 rings (SSSR count). The highest BCUT2D eigenvalue weighted by Gasteiger charge is 2.14. The third-order valence-corrected chi connectivity index (χ3v) is 3.75. The van der Waals surface area contributed by atoms with E-state index in [4.69, 9.17) is 15.2 Å². The summed E-state index contributed by atoms with van der Waals surface area (Å²) < 4.78 is 10.7. The minimum atomic E-state index is 0.442. The molecule has 2 N–H and O–H groups in total. The number of hydrogen-bond donors (Lipinski definition) is 1. The summed E-state index contributed by atoms with van der Waals surface area (Å²) in [6, 6.07) is 5.98. The summed E-state index contributed by atoms with van der Waals surface area (Å²) in [5.41, 5.74) is 7.12. The van der Waals surface area contributed by atoms with Gasteiger partial charge in [-0.3, -0.25) is 0 Å². The topological polar surface area (TPSA) is 47.7 Å². The number of ether oxygens (including phenoxy) is 2. The van der Waals surface area contributed by atoms with Crippen LogP contribution in [-0.4, -0.2) is 45.3 Å². The van der Waals surface area contributed by atoms with Gasteiger partial charge in [-0.15, -0.1) is 0 Å². The summed E-state index contributed by atoms with van der Waals surface area (Å²) in [4.78, 5) is 2.41. The van der Waals surface area contributed by atoms with Gasteiger partial charge >= 0.3 is 0 Å². The first-order valence-electron chi connectivity index (χ1n) is 7.31. The number of methoxy groups -OCH3 is 2. The maximum absolute atomic E-state index is 5.93. The molecule has 0 heterocycles. The first-order valence-corrected chi connectivity index (χ1v) is 7.31. The lowest BCUT2D eigenvalue weighted by Gasteiger charge is -2.25. The van der Waals surface area contributed by atoms with Crippen molar-refractivity contribution >= 4 is 0 Å². The molecule has 1 aromatic carbocycles. The molecule has 20 heavy (non-hydrogen) atoms. The van der Waals surface area contributed by atoms with E-state index in [2.05, 4.69) is 24.8 Å². The summed E-state index contributed by atoms with van der Waals surface area (Å²) in [5, 5.41) is 0. The minimum absolute atomic E-state index is 0.442. The van der Waals surface area contributed by atoms with E-state index in [-0.39, 0.29) is 0 Å². The van der Waals surface area contributed by atoms with Crippen LogP contribution < -0.4 is 15.2 Å². The Morgan fingerprint density at radius 3 is 2.35 bits per heavy atom. The fourth-order valence-electron chi connectivity index (χ4n) is 2.40. The second kappa shape index (κ2) is 8.82.